The van der Waals surface area contributed by atoms with E-state index < -0.39 is 6.10 Å². The largest absolute Gasteiger partial charge is 0.481 e. The second kappa shape index (κ2) is 5.06. The number of aliphatic hydroxyl groups is 1. The summed E-state index contributed by atoms with van der Waals surface area (Å²) in [7, 11) is 3.38. The first-order valence-electron chi connectivity index (χ1n) is 5.86. The maximum Gasteiger partial charge on any atom is 0.217 e. The molecule has 0 aliphatic carbocycles. The Morgan fingerprint density at radius 2 is 2.18 bits per heavy atom. The van der Waals surface area contributed by atoms with Gasteiger partial charge in [-0.15, -0.1) is 0 Å². The number of nitrogens with two attached hydrogens (primary N) is 1. The Hall–Kier alpha value is -1.07. The van der Waals surface area contributed by atoms with Gasteiger partial charge in [-0.05, 0) is 13.3 Å². The van der Waals surface area contributed by atoms with Gasteiger partial charge in [-0.25, -0.2) is 4.68 Å². The average Bonchev–Trinajstić information content (AvgIpc) is 2.61. The molecule has 1 aromatic rings. The van der Waals surface area contributed by atoms with Gasteiger partial charge in [0.2, 0.25) is 5.88 Å². The molecule has 0 aromatic carbocycles. The summed E-state index contributed by atoms with van der Waals surface area (Å²) >= 11 is 0. The van der Waals surface area contributed by atoms with Crippen LogP contribution in [-0.4, -0.2) is 28.5 Å². The van der Waals surface area contributed by atoms with Crippen molar-refractivity contribution < 1.29 is 9.84 Å². The molecule has 1 aromatic heterocycles. The van der Waals surface area contributed by atoms with Crippen molar-refractivity contribution in [2.75, 3.05) is 13.7 Å². The van der Waals surface area contributed by atoms with E-state index in [1.54, 1.807) is 18.8 Å². The van der Waals surface area contributed by atoms with Crippen LogP contribution in [0.4, 0.5) is 0 Å². The number of hydrogen-bond acceptors (Lipinski definition) is 4. The van der Waals surface area contributed by atoms with Gasteiger partial charge in [-0.3, -0.25) is 0 Å². The van der Waals surface area contributed by atoms with Crippen molar-refractivity contribution in [3.8, 4) is 5.88 Å². The van der Waals surface area contributed by atoms with E-state index in [4.69, 9.17) is 10.5 Å². The predicted molar refractivity (Wildman–Crippen MR) is 66.9 cm³/mol. The molecule has 98 valence electrons. The number of aryl methyl sites for hydroxylation is 2. The van der Waals surface area contributed by atoms with Gasteiger partial charge in [0.1, 0.15) is 0 Å². The lowest BCUT2D eigenvalue weighted by Crippen LogP contribution is -2.33. The normalized spacial score (nSPS) is 16.6. The van der Waals surface area contributed by atoms with E-state index in [1.807, 2.05) is 20.8 Å². The zero-order valence-corrected chi connectivity index (χ0v) is 11.3. The molecule has 0 bridgehead atoms. The highest BCUT2D eigenvalue weighted by atomic mass is 16.5. The molecule has 0 saturated carbocycles. The summed E-state index contributed by atoms with van der Waals surface area (Å²) in [5.41, 5.74) is 6.94. The van der Waals surface area contributed by atoms with Crippen LogP contribution in [0.2, 0.25) is 0 Å². The lowest BCUT2D eigenvalue weighted by atomic mass is 9.78. The van der Waals surface area contributed by atoms with Gasteiger partial charge in [0.15, 0.2) is 0 Å². The molecule has 2 atom stereocenters. The first-order valence-corrected chi connectivity index (χ1v) is 5.86. The molecule has 5 heteroatoms. The van der Waals surface area contributed by atoms with Crippen molar-refractivity contribution in [3.63, 3.8) is 0 Å². The quantitative estimate of drug-likeness (QED) is 0.811. The van der Waals surface area contributed by atoms with Gasteiger partial charge >= 0.3 is 0 Å². The Kier molecular flexibility index (Phi) is 4.16. The molecule has 0 radical (unpaired) electrons. The zero-order chi connectivity index (χ0) is 13.2. The standard InChI is InChI=1S/C12H23N3O2/c1-6-12(3,7-13)10(16)9-8(2)14-15(4)11(9)17-5/h10,16H,6-7,13H2,1-5H3. The zero-order valence-electron chi connectivity index (χ0n) is 11.3. The van der Waals surface area contributed by atoms with Gasteiger partial charge < -0.3 is 15.6 Å². The highest BCUT2D eigenvalue weighted by Crippen LogP contribution is 2.40. The molecule has 1 heterocycles. The molecule has 0 spiro atoms. The summed E-state index contributed by atoms with van der Waals surface area (Å²) in [6, 6.07) is 0. The van der Waals surface area contributed by atoms with E-state index in [1.165, 1.54) is 0 Å². The lowest BCUT2D eigenvalue weighted by molar-refractivity contribution is 0.0366. The Bertz CT molecular complexity index is 383. The van der Waals surface area contributed by atoms with Crippen LogP contribution in [0.1, 0.15) is 37.6 Å². The Balaban J connectivity index is 3.24. The molecule has 0 fully saturated rings. The predicted octanol–water partition coefficient (Wildman–Crippen LogP) is 1.15. The summed E-state index contributed by atoms with van der Waals surface area (Å²) in [5.74, 6) is 0.600. The minimum absolute atomic E-state index is 0.360. The fourth-order valence-electron chi connectivity index (χ4n) is 2.01. The Morgan fingerprint density at radius 1 is 1.59 bits per heavy atom. The Morgan fingerprint density at radius 3 is 2.59 bits per heavy atom. The molecule has 0 amide bonds. The van der Waals surface area contributed by atoms with Gasteiger partial charge in [-0.2, -0.15) is 5.10 Å². The highest BCUT2D eigenvalue weighted by Gasteiger charge is 2.35. The highest BCUT2D eigenvalue weighted by molar-refractivity contribution is 5.34. The number of aliphatic hydroxyl groups excluding tert-OH is 1. The lowest BCUT2D eigenvalue weighted by Gasteiger charge is -2.32. The molecule has 0 aliphatic rings. The minimum atomic E-state index is -0.666. The summed E-state index contributed by atoms with van der Waals surface area (Å²) < 4.78 is 6.94. The van der Waals surface area contributed by atoms with Crippen LogP contribution >= 0.6 is 0 Å². The van der Waals surface area contributed by atoms with Crippen LogP contribution in [0.15, 0.2) is 0 Å². The van der Waals surface area contributed by atoms with E-state index in [-0.39, 0.29) is 5.41 Å². The molecule has 5 nitrogen and oxygen atoms in total. The number of aromatic nitrogens is 2. The minimum Gasteiger partial charge on any atom is -0.481 e. The van der Waals surface area contributed by atoms with E-state index in [0.29, 0.717) is 12.4 Å². The van der Waals surface area contributed by atoms with Crippen LogP contribution in [0.25, 0.3) is 0 Å². The SMILES string of the molecule is CCC(C)(CN)C(O)c1c(C)nn(C)c1OC. The van der Waals surface area contributed by atoms with Crippen LogP contribution < -0.4 is 10.5 Å². The monoisotopic (exact) mass is 241 g/mol. The number of hydrogen-bond donors (Lipinski definition) is 2. The maximum atomic E-state index is 10.5. The van der Waals surface area contributed by atoms with E-state index in [9.17, 15) is 5.11 Å². The van der Waals surface area contributed by atoms with Crippen molar-refractivity contribution in [3.05, 3.63) is 11.3 Å². The smallest absolute Gasteiger partial charge is 0.217 e. The van der Waals surface area contributed by atoms with Crippen molar-refractivity contribution >= 4 is 0 Å². The third kappa shape index (κ3) is 2.30. The summed E-state index contributed by atoms with van der Waals surface area (Å²) in [6.07, 6.45) is 0.128. The van der Waals surface area contributed by atoms with E-state index in [0.717, 1.165) is 17.7 Å². The molecule has 17 heavy (non-hydrogen) atoms. The van der Waals surface area contributed by atoms with E-state index in [2.05, 4.69) is 5.10 Å². The first kappa shape index (κ1) is 14.0. The van der Waals surface area contributed by atoms with Gasteiger partial charge in [0.05, 0.1) is 24.5 Å². The molecule has 0 saturated heterocycles. The average molecular weight is 241 g/mol. The second-order valence-electron chi connectivity index (χ2n) is 4.75. The number of ether oxygens (including phenoxy) is 1. The summed E-state index contributed by atoms with van der Waals surface area (Å²) in [6.45, 7) is 6.29. The Labute approximate surface area is 103 Å². The number of nitrogens with zero attached hydrogens (tertiary/aromatic N) is 2. The molecular formula is C12H23N3O2. The first-order chi connectivity index (χ1) is 7.91. The van der Waals surface area contributed by atoms with Crippen LogP contribution in [-0.2, 0) is 7.05 Å². The van der Waals surface area contributed by atoms with Gasteiger partial charge in [-0.1, -0.05) is 13.8 Å². The topological polar surface area (TPSA) is 73.3 Å². The van der Waals surface area contributed by atoms with E-state index >= 15 is 0 Å². The summed E-state index contributed by atoms with van der Waals surface area (Å²) in [5, 5.41) is 14.8. The van der Waals surface area contributed by atoms with Gasteiger partial charge in [0, 0.05) is 19.0 Å². The number of rotatable bonds is 5. The molecule has 0 aliphatic heterocycles. The molecule has 3 N–H and O–H groups in total. The summed E-state index contributed by atoms with van der Waals surface area (Å²) in [4.78, 5) is 0. The van der Waals surface area contributed by atoms with Crippen molar-refractivity contribution in [2.45, 2.75) is 33.3 Å². The number of methoxy groups -OCH3 is 1. The molecule has 1 rings (SSSR count). The maximum absolute atomic E-state index is 10.5. The fourth-order valence-corrected chi connectivity index (χ4v) is 2.01. The van der Waals surface area contributed by atoms with Crippen molar-refractivity contribution in [2.24, 2.45) is 18.2 Å². The van der Waals surface area contributed by atoms with Gasteiger partial charge in [0.25, 0.3) is 0 Å². The molecular weight excluding hydrogens is 218 g/mol. The van der Waals surface area contributed by atoms with Crippen LogP contribution in [0, 0.1) is 12.3 Å². The fraction of sp³-hybridized carbons (Fsp3) is 0.750. The molecule has 2 unspecified atom stereocenters. The van der Waals surface area contributed by atoms with Crippen molar-refractivity contribution in [1.82, 2.24) is 9.78 Å². The van der Waals surface area contributed by atoms with Crippen LogP contribution in [0.3, 0.4) is 0 Å². The van der Waals surface area contributed by atoms with Crippen molar-refractivity contribution in [1.29, 1.82) is 0 Å². The third-order valence-corrected chi connectivity index (χ3v) is 3.62. The van der Waals surface area contributed by atoms with Crippen LogP contribution in [0.5, 0.6) is 5.88 Å². The third-order valence-electron chi connectivity index (χ3n) is 3.62. The second-order valence-corrected chi connectivity index (χ2v) is 4.75.